The van der Waals surface area contributed by atoms with Crippen LogP contribution in [0.5, 0.6) is 0 Å². The highest BCUT2D eigenvalue weighted by atomic mass is 32.2. The second-order valence-electron chi connectivity index (χ2n) is 5.99. The number of amides is 1. The average Bonchev–Trinajstić information content (AvgIpc) is 3.22. The second-order valence-corrected chi connectivity index (χ2v) is 8.18. The summed E-state index contributed by atoms with van der Waals surface area (Å²) in [7, 11) is 0. The van der Waals surface area contributed by atoms with Crippen molar-refractivity contribution in [2.45, 2.75) is 31.4 Å². The van der Waals surface area contributed by atoms with Gasteiger partial charge in [0.05, 0.1) is 24.1 Å². The summed E-state index contributed by atoms with van der Waals surface area (Å²) in [5, 5.41) is 3.16. The minimum atomic E-state index is -0.454. The fourth-order valence-electron chi connectivity index (χ4n) is 2.86. The third-order valence-electron chi connectivity index (χ3n) is 4.07. The van der Waals surface area contributed by atoms with Gasteiger partial charge in [-0.05, 0) is 24.8 Å². The lowest BCUT2D eigenvalue weighted by molar-refractivity contribution is -0.148. The fraction of sp³-hybridized carbons (Fsp3) is 0.444. The van der Waals surface area contributed by atoms with Gasteiger partial charge in [-0.1, -0.05) is 5.92 Å². The third kappa shape index (κ3) is 4.90. The number of esters is 1. The maximum atomic E-state index is 12.4. The standard InChI is InChI=1S/C18H19N3O4S2/c1-2-7-19-14(22)9-25-15(23)6-8-26-10-13-20-17(24)16-11-4-3-5-12(11)27-18(16)21-13/h1H,3-10H2,(H,19,22)(H,20,21,24). The van der Waals surface area contributed by atoms with Gasteiger partial charge < -0.3 is 15.0 Å². The Labute approximate surface area is 164 Å². The van der Waals surface area contributed by atoms with Crippen molar-refractivity contribution in [1.29, 1.82) is 0 Å². The Morgan fingerprint density at radius 1 is 1.41 bits per heavy atom. The van der Waals surface area contributed by atoms with Gasteiger partial charge in [0.1, 0.15) is 10.7 Å². The van der Waals surface area contributed by atoms with Crippen molar-refractivity contribution >= 4 is 45.2 Å². The highest BCUT2D eigenvalue weighted by Gasteiger charge is 2.21. The maximum absolute atomic E-state index is 12.4. The molecule has 1 amide bonds. The van der Waals surface area contributed by atoms with Gasteiger partial charge in [0.15, 0.2) is 6.61 Å². The Hall–Kier alpha value is -2.31. The number of nitrogens with one attached hydrogen (secondary N) is 2. The molecule has 1 aliphatic carbocycles. The molecule has 0 aromatic carbocycles. The van der Waals surface area contributed by atoms with E-state index >= 15 is 0 Å². The van der Waals surface area contributed by atoms with Gasteiger partial charge >= 0.3 is 5.97 Å². The highest BCUT2D eigenvalue weighted by Crippen LogP contribution is 2.34. The molecule has 2 aromatic rings. The van der Waals surface area contributed by atoms with Gasteiger partial charge in [-0.3, -0.25) is 14.4 Å². The van der Waals surface area contributed by atoms with Crippen LogP contribution in [-0.2, 0) is 32.9 Å². The van der Waals surface area contributed by atoms with E-state index in [1.807, 2.05) is 0 Å². The molecule has 27 heavy (non-hydrogen) atoms. The predicted molar refractivity (Wildman–Crippen MR) is 106 cm³/mol. The van der Waals surface area contributed by atoms with Crippen LogP contribution in [0.4, 0.5) is 0 Å². The van der Waals surface area contributed by atoms with E-state index in [4.69, 9.17) is 11.2 Å². The van der Waals surface area contributed by atoms with Crippen molar-refractivity contribution in [2.24, 2.45) is 0 Å². The number of thiophene rings is 1. The molecule has 2 N–H and O–H groups in total. The van der Waals surface area contributed by atoms with Crippen molar-refractivity contribution in [3.63, 3.8) is 0 Å². The number of H-pyrrole nitrogens is 1. The molecule has 7 nitrogen and oxygen atoms in total. The number of aromatic amines is 1. The number of nitrogens with zero attached hydrogens (tertiary/aromatic N) is 1. The molecule has 0 unspecified atom stereocenters. The molecule has 0 fully saturated rings. The number of rotatable bonds is 8. The number of carbonyl (C=O) groups is 2. The van der Waals surface area contributed by atoms with Gasteiger partial charge in [-0.25, -0.2) is 4.98 Å². The Kier molecular flexibility index (Phi) is 6.53. The zero-order valence-electron chi connectivity index (χ0n) is 14.6. The minimum absolute atomic E-state index is 0.0765. The molecule has 2 heterocycles. The normalized spacial score (nSPS) is 12.6. The second kappa shape index (κ2) is 9.06. The number of aryl methyl sites for hydroxylation is 2. The van der Waals surface area contributed by atoms with Crippen LogP contribution in [-0.4, -0.2) is 40.7 Å². The third-order valence-corrected chi connectivity index (χ3v) is 6.22. The number of terminal acetylenes is 1. The average molecular weight is 406 g/mol. The molecule has 0 atom stereocenters. The molecule has 3 rings (SSSR count). The largest absolute Gasteiger partial charge is 0.456 e. The minimum Gasteiger partial charge on any atom is -0.456 e. The predicted octanol–water partition coefficient (Wildman–Crippen LogP) is 1.39. The number of fused-ring (bicyclic) bond motifs is 3. The van der Waals surface area contributed by atoms with Crippen LogP contribution in [0.3, 0.4) is 0 Å². The van der Waals surface area contributed by atoms with Gasteiger partial charge in [-0.15, -0.1) is 17.8 Å². The quantitative estimate of drug-likeness (QED) is 0.391. The Bertz CT molecular complexity index is 958. The van der Waals surface area contributed by atoms with E-state index in [9.17, 15) is 14.4 Å². The SMILES string of the molecule is C#CCNC(=O)COC(=O)CCSCc1nc2sc3c(c2c(=O)[nH]1)CCC3. The lowest BCUT2D eigenvalue weighted by Crippen LogP contribution is -2.29. The maximum Gasteiger partial charge on any atom is 0.307 e. The summed E-state index contributed by atoms with van der Waals surface area (Å²) < 4.78 is 4.86. The molecule has 2 aromatic heterocycles. The molecular weight excluding hydrogens is 386 g/mol. The first kappa shape index (κ1) is 19.5. The Balaban J connectivity index is 1.44. The van der Waals surface area contributed by atoms with Crippen LogP contribution < -0.4 is 10.9 Å². The number of thioether (sulfide) groups is 1. The molecule has 9 heteroatoms. The fourth-order valence-corrected chi connectivity index (χ4v) is 4.92. The smallest absolute Gasteiger partial charge is 0.307 e. The molecule has 0 spiro atoms. The van der Waals surface area contributed by atoms with Crippen LogP contribution >= 0.6 is 23.1 Å². The van der Waals surface area contributed by atoms with E-state index < -0.39 is 11.9 Å². The van der Waals surface area contributed by atoms with Gasteiger partial charge in [-0.2, -0.15) is 11.8 Å². The molecular formula is C18H19N3O4S2. The van der Waals surface area contributed by atoms with E-state index in [0.717, 1.165) is 35.0 Å². The van der Waals surface area contributed by atoms with Gasteiger partial charge in [0.25, 0.3) is 11.5 Å². The summed E-state index contributed by atoms with van der Waals surface area (Å²) >= 11 is 3.08. The zero-order valence-corrected chi connectivity index (χ0v) is 16.3. The number of hydrogen-bond acceptors (Lipinski definition) is 7. The number of hydrogen-bond donors (Lipinski definition) is 2. The van der Waals surface area contributed by atoms with Crippen LogP contribution in [0.1, 0.15) is 29.1 Å². The van der Waals surface area contributed by atoms with Crippen molar-refractivity contribution in [1.82, 2.24) is 15.3 Å². The molecule has 142 valence electrons. The van der Waals surface area contributed by atoms with Crippen molar-refractivity contribution in [2.75, 3.05) is 18.9 Å². The van der Waals surface area contributed by atoms with Gasteiger partial charge in [0.2, 0.25) is 0 Å². The summed E-state index contributed by atoms with van der Waals surface area (Å²) in [5.74, 6) is 3.01. The first-order valence-corrected chi connectivity index (χ1v) is 10.5. The van der Waals surface area contributed by atoms with Crippen LogP contribution in [0.25, 0.3) is 10.2 Å². The first-order chi connectivity index (χ1) is 13.1. The molecule has 0 aliphatic heterocycles. The summed E-state index contributed by atoms with van der Waals surface area (Å²) in [6.45, 7) is -0.227. The van der Waals surface area contributed by atoms with E-state index in [1.54, 1.807) is 11.3 Å². The Morgan fingerprint density at radius 2 is 2.26 bits per heavy atom. The van der Waals surface area contributed by atoms with Crippen LogP contribution in [0.2, 0.25) is 0 Å². The van der Waals surface area contributed by atoms with Crippen LogP contribution in [0, 0.1) is 12.3 Å². The van der Waals surface area contributed by atoms with E-state index in [2.05, 4.69) is 21.2 Å². The zero-order chi connectivity index (χ0) is 19.2. The molecule has 0 bridgehead atoms. The Morgan fingerprint density at radius 3 is 3.07 bits per heavy atom. The lowest BCUT2D eigenvalue weighted by atomic mass is 10.2. The number of carbonyl (C=O) groups excluding carboxylic acids is 2. The monoisotopic (exact) mass is 405 g/mol. The first-order valence-electron chi connectivity index (χ1n) is 8.55. The van der Waals surface area contributed by atoms with Crippen molar-refractivity contribution in [3.8, 4) is 12.3 Å². The van der Waals surface area contributed by atoms with Gasteiger partial charge in [0, 0.05) is 10.6 Å². The van der Waals surface area contributed by atoms with Crippen molar-refractivity contribution < 1.29 is 14.3 Å². The summed E-state index contributed by atoms with van der Waals surface area (Å²) in [4.78, 5) is 44.7. The molecule has 1 aliphatic rings. The number of ether oxygens (including phenoxy) is 1. The molecule has 0 saturated heterocycles. The van der Waals surface area contributed by atoms with E-state index in [1.165, 1.54) is 16.6 Å². The summed E-state index contributed by atoms with van der Waals surface area (Å²) in [5.41, 5.74) is 1.09. The van der Waals surface area contributed by atoms with Crippen molar-refractivity contribution in [3.05, 3.63) is 26.6 Å². The van der Waals surface area contributed by atoms with E-state index in [-0.39, 0.29) is 25.1 Å². The van der Waals surface area contributed by atoms with E-state index in [0.29, 0.717) is 17.3 Å². The summed E-state index contributed by atoms with van der Waals surface area (Å²) in [6.07, 6.45) is 8.28. The summed E-state index contributed by atoms with van der Waals surface area (Å²) in [6, 6.07) is 0. The molecule has 0 saturated carbocycles. The topological polar surface area (TPSA) is 101 Å². The number of aromatic nitrogens is 2. The van der Waals surface area contributed by atoms with Crippen LogP contribution in [0.15, 0.2) is 4.79 Å². The molecule has 0 radical (unpaired) electrons. The lowest BCUT2D eigenvalue weighted by Gasteiger charge is -2.05. The highest BCUT2D eigenvalue weighted by molar-refractivity contribution is 7.98.